The van der Waals surface area contributed by atoms with Crippen LogP contribution in [0.4, 0.5) is 0 Å². The first-order valence-corrected chi connectivity index (χ1v) is 9.09. The normalized spacial score (nSPS) is 18.7. The average Bonchev–Trinajstić information content (AvgIpc) is 3.03. The lowest BCUT2D eigenvalue weighted by Crippen LogP contribution is -2.52. The molecule has 2 aliphatic heterocycles. The summed E-state index contributed by atoms with van der Waals surface area (Å²) in [6.07, 6.45) is 0.545. The van der Waals surface area contributed by atoms with Gasteiger partial charge in [-0.15, -0.1) is 0 Å². The second-order valence-electron chi connectivity index (χ2n) is 6.81. The van der Waals surface area contributed by atoms with Crippen LogP contribution >= 0.6 is 0 Å². The molecule has 0 aromatic heterocycles. The topological polar surface area (TPSA) is 84.9 Å². The van der Waals surface area contributed by atoms with Crippen LogP contribution in [0.3, 0.4) is 0 Å². The Morgan fingerprint density at radius 3 is 2.61 bits per heavy atom. The van der Waals surface area contributed by atoms with Crippen molar-refractivity contribution >= 4 is 17.7 Å². The lowest BCUT2D eigenvalue weighted by molar-refractivity contribution is -0.136. The number of ether oxygens (including phenoxy) is 2. The Morgan fingerprint density at radius 1 is 1.11 bits per heavy atom. The van der Waals surface area contributed by atoms with Gasteiger partial charge in [0.05, 0.1) is 12.7 Å². The molecule has 2 aromatic rings. The number of nitrogens with zero attached hydrogens (tertiary/aromatic N) is 1. The molecule has 0 aliphatic carbocycles. The Morgan fingerprint density at radius 2 is 1.89 bits per heavy atom. The molecule has 2 heterocycles. The van der Waals surface area contributed by atoms with Crippen LogP contribution in [0, 0.1) is 0 Å². The van der Waals surface area contributed by atoms with Gasteiger partial charge in [0.1, 0.15) is 12.6 Å². The van der Waals surface area contributed by atoms with Crippen molar-refractivity contribution < 1.29 is 23.9 Å². The van der Waals surface area contributed by atoms with Crippen molar-refractivity contribution in [3.8, 4) is 11.5 Å². The summed E-state index contributed by atoms with van der Waals surface area (Å²) >= 11 is 0. The lowest BCUT2D eigenvalue weighted by atomic mass is 10.0. The molecule has 7 heteroatoms. The van der Waals surface area contributed by atoms with Crippen molar-refractivity contribution in [3.63, 3.8) is 0 Å². The maximum Gasteiger partial charge on any atom is 0.259 e. The van der Waals surface area contributed by atoms with E-state index in [4.69, 9.17) is 9.47 Å². The number of benzene rings is 2. The molecule has 1 fully saturated rings. The minimum absolute atomic E-state index is 0.221. The van der Waals surface area contributed by atoms with Crippen LogP contribution in [-0.2, 0) is 22.7 Å². The van der Waals surface area contributed by atoms with Gasteiger partial charge in [-0.25, -0.2) is 0 Å². The second kappa shape index (κ2) is 7.34. The molecule has 1 atom stereocenters. The number of rotatable bonds is 5. The fourth-order valence-corrected chi connectivity index (χ4v) is 3.65. The zero-order chi connectivity index (χ0) is 19.7. The van der Waals surface area contributed by atoms with Crippen LogP contribution in [0.25, 0.3) is 0 Å². The largest absolute Gasteiger partial charge is 0.492 e. The van der Waals surface area contributed by atoms with E-state index in [9.17, 15) is 14.4 Å². The van der Waals surface area contributed by atoms with Gasteiger partial charge in [-0.05, 0) is 23.6 Å². The monoisotopic (exact) mass is 380 g/mol. The van der Waals surface area contributed by atoms with Gasteiger partial charge >= 0.3 is 0 Å². The van der Waals surface area contributed by atoms with E-state index in [0.29, 0.717) is 36.6 Å². The van der Waals surface area contributed by atoms with Crippen LogP contribution in [-0.4, -0.2) is 35.8 Å². The Labute approximate surface area is 162 Å². The number of methoxy groups -OCH3 is 1. The van der Waals surface area contributed by atoms with Gasteiger partial charge in [0.25, 0.3) is 5.91 Å². The van der Waals surface area contributed by atoms with Crippen LogP contribution in [0.5, 0.6) is 11.5 Å². The molecule has 28 heavy (non-hydrogen) atoms. The second-order valence-corrected chi connectivity index (χ2v) is 6.81. The van der Waals surface area contributed by atoms with E-state index >= 15 is 0 Å². The van der Waals surface area contributed by atoms with Crippen LogP contribution in [0.15, 0.2) is 42.5 Å². The summed E-state index contributed by atoms with van der Waals surface area (Å²) in [5, 5.41) is 2.30. The molecule has 0 saturated carbocycles. The third kappa shape index (κ3) is 3.19. The average molecular weight is 380 g/mol. The Hall–Kier alpha value is -3.35. The van der Waals surface area contributed by atoms with Crippen LogP contribution in [0.2, 0.25) is 0 Å². The first kappa shape index (κ1) is 18.0. The van der Waals surface area contributed by atoms with E-state index in [1.54, 1.807) is 6.07 Å². The summed E-state index contributed by atoms with van der Waals surface area (Å²) in [4.78, 5) is 38.1. The summed E-state index contributed by atoms with van der Waals surface area (Å²) in [7, 11) is 1.49. The SMILES string of the molecule is COc1c(OCc2ccccc2)ccc2c1C(=O)N(C1CCC(=O)NC1=O)C2. The molecule has 144 valence electrons. The Bertz CT molecular complexity index is 941. The van der Waals surface area contributed by atoms with Crippen molar-refractivity contribution in [2.24, 2.45) is 0 Å². The van der Waals surface area contributed by atoms with Crippen LogP contribution < -0.4 is 14.8 Å². The van der Waals surface area contributed by atoms with E-state index in [1.165, 1.54) is 12.0 Å². The molecule has 1 unspecified atom stereocenters. The van der Waals surface area contributed by atoms with E-state index in [0.717, 1.165) is 11.1 Å². The van der Waals surface area contributed by atoms with E-state index < -0.39 is 11.9 Å². The number of hydrogen-bond acceptors (Lipinski definition) is 5. The highest BCUT2D eigenvalue weighted by Crippen LogP contribution is 2.40. The molecule has 0 spiro atoms. The number of fused-ring (bicyclic) bond motifs is 1. The summed E-state index contributed by atoms with van der Waals surface area (Å²) in [5.74, 6) is -0.181. The number of imide groups is 1. The summed E-state index contributed by atoms with van der Waals surface area (Å²) in [5.41, 5.74) is 2.19. The molecule has 2 aromatic carbocycles. The predicted octanol–water partition coefficient (Wildman–Crippen LogP) is 2.04. The van der Waals surface area contributed by atoms with Crippen molar-refractivity contribution in [1.29, 1.82) is 0 Å². The van der Waals surface area contributed by atoms with Crippen molar-refractivity contribution in [2.75, 3.05) is 7.11 Å². The number of amides is 3. The number of carbonyl (C=O) groups excluding carboxylic acids is 3. The van der Waals surface area contributed by atoms with Gasteiger partial charge in [0, 0.05) is 13.0 Å². The molecule has 0 radical (unpaired) electrons. The molecule has 4 rings (SSSR count). The highest BCUT2D eigenvalue weighted by molar-refractivity contribution is 6.06. The summed E-state index contributed by atoms with van der Waals surface area (Å²) in [6, 6.07) is 12.6. The van der Waals surface area contributed by atoms with Gasteiger partial charge in [-0.1, -0.05) is 36.4 Å². The minimum atomic E-state index is -0.656. The molecule has 0 bridgehead atoms. The maximum atomic E-state index is 13.1. The van der Waals surface area contributed by atoms with Gasteiger partial charge < -0.3 is 14.4 Å². The van der Waals surface area contributed by atoms with Crippen molar-refractivity contribution in [1.82, 2.24) is 10.2 Å². The standard InChI is InChI=1S/C21H20N2O5/c1-27-19-16(28-12-13-5-3-2-4-6-13)9-7-14-11-23(21(26)18(14)19)15-8-10-17(24)22-20(15)25/h2-7,9,15H,8,10-12H2,1H3,(H,22,24,25). The number of nitrogens with one attached hydrogen (secondary N) is 1. The van der Waals surface area contributed by atoms with Crippen molar-refractivity contribution in [3.05, 3.63) is 59.2 Å². The maximum absolute atomic E-state index is 13.1. The number of carbonyl (C=O) groups is 3. The third-order valence-corrected chi connectivity index (χ3v) is 5.05. The molecule has 1 N–H and O–H groups in total. The van der Waals surface area contributed by atoms with E-state index in [1.807, 2.05) is 36.4 Å². The third-order valence-electron chi connectivity index (χ3n) is 5.05. The summed E-state index contributed by atoms with van der Waals surface area (Å²) in [6.45, 7) is 0.650. The molecule has 1 saturated heterocycles. The molecule has 3 amide bonds. The molecular weight excluding hydrogens is 360 g/mol. The van der Waals surface area contributed by atoms with E-state index in [2.05, 4.69) is 5.32 Å². The highest BCUT2D eigenvalue weighted by Gasteiger charge is 2.41. The predicted molar refractivity (Wildman–Crippen MR) is 99.8 cm³/mol. The van der Waals surface area contributed by atoms with Gasteiger partial charge in [-0.2, -0.15) is 0 Å². The number of hydrogen-bond donors (Lipinski definition) is 1. The minimum Gasteiger partial charge on any atom is -0.492 e. The smallest absolute Gasteiger partial charge is 0.259 e. The Balaban J connectivity index is 1.58. The molecule has 7 nitrogen and oxygen atoms in total. The van der Waals surface area contributed by atoms with E-state index in [-0.39, 0.29) is 18.2 Å². The Kier molecular flexibility index (Phi) is 4.73. The highest BCUT2D eigenvalue weighted by atomic mass is 16.5. The quantitative estimate of drug-likeness (QED) is 0.803. The first-order chi connectivity index (χ1) is 13.6. The van der Waals surface area contributed by atoms with Gasteiger partial charge in [0.15, 0.2) is 11.5 Å². The zero-order valence-corrected chi connectivity index (χ0v) is 15.4. The lowest BCUT2D eigenvalue weighted by Gasteiger charge is -2.29. The number of piperidine rings is 1. The van der Waals surface area contributed by atoms with Crippen molar-refractivity contribution in [2.45, 2.75) is 32.0 Å². The first-order valence-electron chi connectivity index (χ1n) is 9.09. The molecule has 2 aliphatic rings. The summed E-state index contributed by atoms with van der Waals surface area (Å²) < 4.78 is 11.4. The fourth-order valence-electron chi connectivity index (χ4n) is 3.65. The fraction of sp³-hybridized carbons (Fsp3) is 0.286. The van der Waals surface area contributed by atoms with Gasteiger partial charge in [0.2, 0.25) is 11.8 Å². The van der Waals surface area contributed by atoms with Gasteiger partial charge in [-0.3, -0.25) is 19.7 Å². The van der Waals surface area contributed by atoms with Crippen LogP contribution in [0.1, 0.15) is 34.3 Å². The zero-order valence-electron chi connectivity index (χ0n) is 15.4. The molecular formula is C21H20N2O5.